The topological polar surface area (TPSA) is 614 Å². The molecule has 1 fully saturated rings. The smallest absolute Gasteiger partial charge is 0.331 e. The zero-order valence-corrected chi connectivity index (χ0v) is 69.1. The molecule has 1 saturated heterocycles. The summed E-state index contributed by atoms with van der Waals surface area (Å²) in [6, 6.07) is 18.7. The van der Waals surface area contributed by atoms with Crippen molar-refractivity contribution in [3.8, 4) is 16.9 Å². The molecule has 1 unspecified atom stereocenters. The molecule has 0 bridgehead atoms. The number of aliphatic hydroxyl groups is 10. The molecule has 124 heavy (non-hydrogen) atoms. The molecule has 9 amide bonds. The summed E-state index contributed by atoms with van der Waals surface area (Å²) in [6.45, 7) is -3.61. The fraction of sp³-hybridized carbons (Fsp3) is 0.518. The second-order valence-electron chi connectivity index (χ2n) is 29.9. The fourth-order valence-corrected chi connectivity index (χ4v) is 14.5. The van der Waals surface area contributed by atoms with Crippen LogP contribution in [0.25, 0.3) is 11.1 Å². The van der Waals surface area contributed by atoms with E-state index in [1.807, 2.05) is 0 Å². The van der Waals surface area contributed by atoms with Gasteiger partial charge in [-0.05, 0) is 98.4 Å². The number of phenols is 1. The van der Waals surface area contributed by atoms with Gasteiger partial charge in [-0.3, -0.25) is 71.6 Å². The Labute approximate surface area is 715 Å². The van der Waals surface area contributed by atoms with E-state index >= 15 is 8.78 Å². The van der Waals surface area contributed by atoms with Crippen LogP contribution < -0.4 is 54.2 Å². The molecular weight excluding hydrogens is 1650 g/mol. The van der Waals surface area contributed by atoms with Crippen molar-refractivity contribution in [1.29, 1.82) is 0 Å². The highest BCUT2D eigenvalue weighted by molar-refractivity contribution is 8.00. The summed E-state index contributed by atoms with van der Waals surface area (Å²) in [7, 11) is 0. The number of unbranched alkanes of at least 4 members (excludes halogenated alkanes) is 4. The zero-order chi connectivity index (χ0) is 91.3. The van der Waals surface area contributed by atoms with Gasteiger partial charge >= 0.3 is 11.7 Å². The third-order valence-electron chi connectivity index (χ3n) is 20.8. The molecule has 0 spiro atoms. The number of amides is 9. The van der Waals surface area contributed by atoms with Crippen molar-refractivity contribution < 1.29 is 132 Å². The van der Waals surface area contributed by atoms with Crippen molar-refractivity contribution in [2.24, 2.45) is 11.7 Å². The second-order valence-corrected chi connectivity index (χ2v) is 31.2. The molecular formula is C83H111F2N11O27S. The minimum absolute atomic E-state index is 0.00287. The zero-order valence-electron chi connectivity index (χ0n) is 68.3. The summed E-state index contributed by atoms with van der Waals surface area (Å²) in [5.74, 6) is -13.8. The number of thioether (sulfide) groups is 1. The molecule has 21 N–H and O–H groups in total. The molecule has 680 valence electrons. The summed E-state index contributed by atoms with van der Waals surface area (Å²) in [4.78, 5) is 190. The maximum atomic E-state index is 15.1. The second kappa shape index (κ2) is 52.1. The van der Waals surface area contributed by atoms with Crippen molar-refractivity contribution in [3.63, 3.8) is 0 Å². The molecule has 41 heteroatoms. The van der Waals surface area contributed by atoms with Crippen molar-refractivity contribution in [1.82, 2.24) is 51.3 Å². The quantitative estimate of drug-likeness (QED) is 0.0105. The van der Waals surface area contributed by atoms with Crippen LogP contribution in [0.5, 0.6) is 5.75 Å². The van der Waals surface area contributed by atoms with Crippen LogP contribution in [-0.2, 0) is 88.2 Å². The summed E-state index contributed by atoms with van der Waals surface area (Å²) >= 11 is 0.669. The minimum atomic E-state index is -2.13. The van der Waals surface area contributed by atoms with Gasteiger partial charge < -0.3 is 109 Å². The number of hydrogen-bond donors (Lipinski definition) is 20. The van der Waals surface area contributed by atoms with Gasteiger partial charge in [-0.25, -0.2) is 18.4 Å². The van der Waals surface area contributed by atoms with Crippen molar-refractivity contribution in [2.45, 2.75) is 207 Å². The fourth-order valence-electron chi connectivity index (χ4n) is 13.4. The molecule has 38 nitrogen and oxygen atoms in total. The third kappa shape index (κ3) is 32.4. The lowest BCUT2D eigenvalue weighted by Gasteiger charge is -2.26. The van der Waals surface area contributed by atoms with Crippen LogP contribution in [0.1, 0.15) is 130 Å². The lowest BCUT2D eigenvalue weighted by molar-refractivity contribution is -0.142. The van der Waals surface area contributed by atoms with E-state index in [1.54, 1.807) is 66.7 Å². The Morgan fingerprint density at radius 3 is 1.73 bits per heavy atom. The lowest BCUT2D eigenvalue weighted by atomic mass is 9.92. The molecule has 0 aliphatic carbocycles. The number of benzene rings is 4. The van der Waals surface area contributed by atoms with Crippen LogP contribution in [0.3, 0.4) is 0 Å². The summed E-state index contributed by atoms with van der Waals surface area (Å²) < 4.78 is 37.1. The number of phenolic OH excluding ortho intramolecular Hbond substituents is 1. The van der Waals surface area contributed by atoms with Crippen LogP contribution in [-0.4, -0.2) is 277 Å². The molecule has 0 saturated carbocycles. The van der Waals surface area contributed by atoms with Gasteiger partial charge in [0.25, 0.3) is 12.0 Å². The third-order valence-corrected chi connectivity index (χ3v) is 22.1. The summed E-state index contributed by atoms with van der Waals surface area (Å²) in [5, 5.41) is 136. The summed E-state index contributed by atoms with van der Waals surface area (Å²) in [5.41, 5.74) is 7.19. The Bertz CT molecular complexity index is 4510. The van der Waals surface area contributed by atoms with Crippen LogP contribution in [0.2, 0.25) is 0 Å². The van der Waals surface area contributed by atoms with Gasteiger partial charge in [0.2, 0.25) is 53.2 Å². The predicted octanol–water partition coefficient (Wildman–Crippen LogP) is -2.94. The monoisotopic (exact) mass is 1760 g/mol. The number of nitrogens with two attached hydrogens (primary N) is 1. The van der Waals surface area contributed by atoms with Crippen LogP contribution in [0, 0.1) is 24.5 Å². The molecule has 14 atom stereocenters. The molecule has 1 aliphatic rings. The minimum Gasteiger partial charge on any atom is -0.508 e. The first-order valence-corrected chi connectivity index (χ1v) is 41.5. The Balaban J connectivity index is 1.10. The number of carbonyl (C=O) groups is 12. The van der Waals surface area contributed by atoms with Gasteiger partial charge in [-0.15, -0.1) is 11.8 Å². The highest BCUT2D eigenvalue weighted by atomic mass is 32.2. The molecule has 0 radical (unpaired) electrons. The number of rotatable bonds is 57. The molecule has 2 heterocycles. The molecule has 1 aromatic heterocycles. The van der Waals surface area contributed by atoms with E-state index in [-0.39, 0.29) is 87.7 Å². The highest BCUT2D eigenvalue weighted by Crippen LogP contribution is 2.28. The first-order valence-electron chi connectivity index (χ1n) is 40.4. The summed E-state index contributed by atoms with van der Waals surface area (Å²) in [6.07, 6.45) is -17.8. The van der Waals surface area contributed by atoms with E-state index in [1.165, 1.54) is 25.1 Å². The number of ketones is 1. The van der Waals surface area contributed by atoms with E-state index in [4.69, 9.17) is 10.5 Å². The van der Waals surface area contributed by atoms with E-state index < -0.39 is 262 Å². The number of ether oxygens (including phenoxy) is 1. The van der Waals surface area contributed by atoms with Crippen LogP contribution in [0.4, 0.5) is 8.78 Å². The Hall–Kier alpha value is -10.8. The number of aryl methyl sites for hydroxylation is 2. The van der Waals surface area contributed by atoms with Gasteiger partial charge in [0.1, 0.15) is 66.1 Å². The maximum absolute atomic E-state index is 15.1. The van der Waals surface area contributed by atoms with Crippen molar-refractivity contribution in [3.05, 3.63) is 157 Å². The van der Waals surface area contributed by atoms with E-state index in [9.17, 15) is 128 Å². The number of likely N-dealkylation sites (tertiary alicyclic amines) is 1. The number of nitrogens with zero attached hydrogens (tertiary/aromatic N) is 3. The van der Waals surface area contributed by atoms with Gasteiger partial charge in [0.15, 0.2) is 5.78 Å². The first-order chi connectivity index (χ1) is 59.1. The first kappa shape index (κ1) is 102. The highest BCUT2D eigenvalue weighted by Gasteiger charge is 2.41. The predicted molar refractivity (Wildman–Crippen MR) is 440 cm³/mol. The van der Waals surface area contributed by atoms with E-state index in [0.717, 1.165) is 31.7 Å². The number of aromatic nitrogens is 2. The number of imide groups is 1. The number of aliphatic carboxylic acids is 1. The van der Waals surface area contributed by atoms with E-state index in [2.05, 4.69) is 37.2 Å². The number of hydrogen-bond acceptors (Lipinski definition) is 28. The van der Waals surface area contributed by atoms with Gasteiger partial charge in [0, 0.05) is 107 Å². The Morgan fingerprint density at radius 1 is 0.589 bits per heavy atom. The van der Waals surface area contributed by atoms with Gasteiger partial charge in [-0.2, -0.15) is 0 Å². The van der Waals surface area contributed by atoms with E-state index in [0.29, 0.717) is 60.6 Å². The Kier molecular flexibility index (Phi) is 42.8. The molecule has 1 aliphatic heterocycles. The van der Waals surface area contributed by atoms with Gasteiger partial charge in [0.05, 0.1) is 62.0 Å². The number of Topliss-reactive ketones (excluding diaryl/α,β-unsaturated/α-hetero) is 1. The molecule has 4 aromatic carbocycles. The van der Waals surface area contributed by atoms with Crippen LogP contribution >= 0.6 is 11.8 Å². The number of nitrogens with one attached hydrogen (secondary N) is 7. The number of carboxylic acids is 1. The number of carbonyl (C=O) groups excluding carboxylic acids is 11. The largest absolute Gasteiger partial charge is 0.508 e. The molecule has 6 rings (SSSR count). The number of carboxylic acid groups (broad SMARTS) is 1. The Morgan fingerprint density at radius 2 is 1.14 bits per heavy atom. The standard InChI is InChI=1S/C83H111F2N11O27S/c1-47-73(81(119)96(42-57(86)50-13-6-5-7-14-50)83(122)95(47)41-54-55(84)16-11-17-56(54)85)51-15-10-12-49(36-51)22-28-67(106)87-32-9-4-2-3-8-18-71(110)91-58(25-29-69(108)89-39-62(102)74(112)76(114)64(104)43-97)61(101)37-52(31-35-123-46-99)78(116)92-59(26-30-70(109)90-40-63(103)75(113)77(115)65(105)44-98)79(117)93-60(82(120)121)45-124-66-38-72(111)94(80(66)118)34-33-88-68(107)27-21-48-19-23-53(100)24-20-48/h5-7,10-17,19-20,23-24,36,46,52,57-60,62-66,74-77,97-98,100,102-105,112-115H,2-4,8-9,18,21-22,25-35,37-45,86H2,1H3,(H,87,106)(H,88,107)(H,89,108)(H,90,109)(H,91,110)(H,92,116)(H,93,117)(H,120,121)/t52-,57+,58+,59+,60+,62-,63-,64+,65+,66?,74+,75+,76+,77+/m0/s1. The normalized spacial score (nSPS) is 15.9. The molecule has 5 aromatic rings. The SMILES string of the molecule is Cc1c(-c2cccc(CCC(=O)NCCCCCCCC(=O)N[C@H](CCC(=O)NC[C@H](O)[C@@H](O)[C@H](O)[C@H](O)CO)C(=O)C[C@H](CCOC=O)C(=O)N[C@H](CCC(=O)NC[C@H](O)[C@@H](O)[C@H](O)[C@H](O)CO)C(=O)N[C@H](CSC3CC(=O)N(CCNC(=O)CCc4ccc(O)cc4)C3=O)C(=O)O)c2)c(=O)n(C[C@@H](N)c2ccccc2)c(=O)n1Cc1c(F)cccc1F. The van der Waals surface area contributed by atoms with Crippen molar-refractivity contribution in [2.75, 3.05) is 58.3 Å². The number of aromatic hydroxyl groups is 1. The average Bonchev–Trinajstić information content (AvgIpc) is 0.889. The van der Waals surface area contributed by atoms with Gasteiger partial charge in [-0.1, -0.05) is 92.1 Å². The maximum Gasteiger partial charge on any atom is 0.331 e. The number of aliphatic hydroxyl groups excluding tert-OH is 10. The lowest BCUT2D eigenvalue weighted by Crippen LogP contribution is -2.54. The average molecular weight is 1760 g/mol. The van der Waals surface area contributed by atoms with Crippen LogP contribution in [0.15, 0.2) is 107 Å². The van der Waals surface area contributed by atoms with Crippen molar-refractivity contribution >= 4 is 83.2 Å². The number of halogens is 2.